The van der Waals surface area contributed by atoms with Gasteiger partial charge >= 0.3 is 18.7 Å². The molecule has 114 valence electrons. The summed E-state index contributed by atoms with van der Waals surface area (Å²) in [5, 5.41) is -1.82. The molecule has 0 heterocycles. The van der Waals surface area contributed by atoms with Crippen LogP contribution in [-0.2, 0) is 12.4 Å². The van der Waals surface area contributed by atoms with Crippen LogP contribution in [-0.4, -0.2) is 6.36 Å². The lowest BCUT2D eigenvalue weighted by atomic mass is 10.1. The fourth-order valence-corrected chi connectivity index (χ4v) is 1.52. The van der Waals surface area contributed by atoms with Crippen LogP contribution in [0.15, 0.2) is 12.1 Å². The summed E-state index contributed by atoms with van der Waals surface area (Å²) < 4.78 is 113. The lowest BCUT2D eigenvalue weighted by Crippen LogP contribution is -2.21. The van der Waals surface area contributed by atoms with Gasteiger partial charge in [0, 0.05) is 0 Å². The zero-order valence-electron chi connectivity index (χ0n) is 8.84. The Labute approximate surface area is 109 Å². The highest BCUT2D eigenvalue weighted by molar-refractivity contribution is 6.33. The molecule has 1 rings (SSSR count). The van der Waals surface area contributed by atoms with Crippen molar-refractivity contribution in [1.29, 1.82) is 0 Å². The molecule has 0 unspecified atom stereocenters. The van der Waals surface area contributed by atoms with Crippen LogP contribution in [0.4, 0.5) is 39.5 Å². The standard InChI is InChI=1S/C9H2ClF9O/c10-5-3(7(11,12)13)1-2-4(8(14,15)16)6(5)20-9(17,18)19/h1-2H. The van der Waals surface area contributed by atoms with E-state index in [2.05, 4.69) is 4.74 Å². The number of alkyl halides is 9. The lowest BCUT2D eigenvalue weighted by Gasteiger charge is -2.19. The summed E-state index contributed by atoms with van der Waals surface area (Å²) in [4.78, 5) is 0. The van der Waals surface area contributed by atoms with Gasteiger partial charge in [-0.05, 0) is 12.1 Å². The number of ether oxygens (including phenoxy) is 1. The van der Waals surface area contributed by atoms with E-state index in [0.29, 0.717) is 0 Å². The van der Waals surface area contributed by atoms with Crippen molar-refractivity contribution >= 4 is 11.6 Å². The Morgan fingerprint density at radius 3 is 1.50 bits per heavy atom. The molecule has 0 bridgehead atoms. The summed E-state index contributed by atoms with van der Waals surface area (Å²) in [5.41, 5.74) is -3.93. The summed E-state index contributed by atoms with van der Waals surface area (Å²) in [6.45, 7) is 0. The third-order valence-corrected chi connectivity index (χ3v) is 2.30. The monoisotopic (exact) mass is 332 g/mol. The zero-order chi connectivity index (χ0) is 15.9. The second kappa shape index (κ2) is 4.90. The lowest BCUT2D eigenvalue weighted by molar-refractivity contribution is -0.276. The Morgan fingerprint density at radius 2 is 1.15 bits per heavy atom. The van der Waals surface area contributed by atoms with E-state index >= 15 is 0 Å². The average Bonchev–Trinajstić information content (AvgIpc) is 2.15. The molecule has 0 aliphatic heterocycles. The number of benzene rings is 1. The van der Waals surface area contributed by atoms with Gasteiger partial charge in [-0.15, -0.1) is 13.2 Å². The Bertz CT molecular complexity index is 500. The van der Waals surface area contributed by atoms with E-state index in [-0.39, 0.29) is 12.1 Å². The van der Waals surface area contributed by atoms with Gasteiger partial charge in [0.1, 0.15) is 0 Å². The van der Waals surface area contributed by atoms with Gasteiger partial charge in [-0.2, -0.15) is 26.3 Å². The van der Waals surface area contributed by atoms with Gasteiger partial charge in [-0.25, -0.2) is 0 Å². The van der Waals surface area contributed by atoms with Gasteiger partial charge in [0.15, 0.2) is 5.75 Å². The van der Waals surface area contributed by atoms with E-state index in [1.165, 1.54) is 0 Å². The van der Waals surface area contributed by atoms with E-state index < -0.39 is 40.6 Å². The maximum atomic E-state index is 12.4. The predicted octanol–water partition coefficient (Wildman–Crippen LogP) is 5.28. The molecule has 0 saturated carbocycles. The fourth-order valence-electron chi connectivity index (χ4n) is 1.21. The molecule has 0 aliphatic rings. The number of halogens is 10. The van der Waals surface area contributed by atoms with Crippen LogP contribution >= 0.6 is 11.6 Å². The van der Waals surface area contributed by atoms with E-state index in [1.807, 2.05) is 0 Å². The molecule has 0 spiro atoms. The molecule has 1 nitrogen and oxygen atoms in total. The molecule has 0 atom stereocenters. The normalized spacial score (nSPS) is 13.5. The van der Waals surface area contributed by atoms with Crippen LogP contribution in [0.5, 0.6) is 5.75 Å². The first-order valence-electron chi connectivity index (χ1n) is 4.46. The van der Waals surface area contributed by atoms with Gasteiger partial charge in [0.2, 0.25) is 0 Å². The number of hydrogen-bond acceptors (Lipinski definition) is 1. The topological polar surface area (TPSA) is 9.23 Å². The van der Waals surface area contributed by atoms with Crippen molar-refractivity contribution in [2.75, 3.05) is 0 Å². The maximum absolute atomic E-state index is 12.4. The minimum Gasteiger partial charge on any atom is -0.404 e. The summed E-state index contributed by atoms with van der Waals surface area (Å²) in [6, 6.07) is -0.260. The molecule has 1 aromatic carbocycles. The molecule has 20 heavy (non-hydrogen) atoms. The molecule has 0 saturated heterocycles. The van der Waals surface area contributed by atoms with Gasteiger partial charge in [-0.3, -0.25) is 0 Å². The molecular weight excluding hydrogens is 331 g/mol. The molecule has 0 fully saturated rings. The summed E-state index contributed by atoms with van der Waals surface area (Å²) in [6.07, 6.45) is -16.2. The Hall–Kier alpha value is -1.32. The van der Waals surface area contributed by atoms with Gasteiger partial charge in [0.05, 0.1) is 16.1 Å². The highest BCUT2D eigenvalue weighted by atomic mass is 35.5. The van der Waals surface area contributed by atoms with Crippen molar-refractivity contribution in [2.24, 2.45) is 0 Å². The van der Waals surface area contributed by atoms with Gasteiger partial charge in [0.25, 0.3) is 0 Å². The van der Waals surface area contributed by atoms with Crippen LogP contribution in [0.3, 0.4) is 0 Å². The minimum absolute atomic E-state index is 0.0750. The Kier molecular flexibility index (Phi) is 4.10. The van der Waals surface area contributed by atoms with E-state index in [1.54, 1.807) is 0 Å². The van der Waals surface area contributed by atoms with Crippen LogP contribution in [0.1, 0.15) is 11.1 Å². The quantitative estimate of drug-likeness (QED) is 0.636. The summed E-state index contributed by atoms with van der Waals surface area (Å²) in [7, 11) is 0. The van der Waals surface area contributed by atoms with Crippen LogP contribution in [0, 0.1) is 0 Å². The molecule has 0 amide bonds. The van der Waals surface area contributed by atoms with Crippen molar-refractivity contribution < 1.29 is 44.3 Å². The first kappa shape index (κ1) is 16.7. The van der Waals surface area contributed by atoms with Crippen molar-refractivity contribution in [3.8, 4) is 5.75 Å². The molecule has 0 radical (unpaired) electrons. The third-order valence-electron chi connectivity index (χ3n) is 1.93. The third kappa shape index (κ3) is 3.84. The number of hydrogen-bond donors (Lipinski definition) is 0. The van der Waals surface area contributed by atoms with E-state index in [0.717, 1.165) is 0 Å². The van der Waals surface area contributed by atoms with Crippen LogP contribution in [0.2, 0.25) is 5.02 Å². The molecular formula is C9H2ClF9O. The fraction of sp³-hybridized carbons (Fsp3) is 0.333. The van der Waals surface area contributed by atoms with Crippen molar-refractivity contribution in [2.45, 2.75) is 18.7 Å². The molecule has 0 N–H and O–H groups in total. The second-order valence-corrected chi connectivity index (χ2v) is 3.73. The highest BCUT2D eigenvalue weighted by Gasteiger charge is 2.44. The minimum atomic E-state index is -5.63. The second-order valence-electron chi connectivity index (χ2n) is 3.35. The smallest absolute Gasteiger partial charge is 0.404 e. The largest absolute Gasteiger partial charge is 0.573 e. The maximum Gasteiger partial charge on any atom is 0.573 e. The molecule has 1 aromatic rings. The van der Waals surface area contributed by atoms with E-state index in [9.17, 15) is 39.5 Å². The Morgan fingerprint density at radius 1 is 0.750 bits per heavy atom. The first-order valence-corrected chi connectivity index (χ1v) is 4.84. The summed E-state index contributed by atoms with van der Waals surface area (Å²) >= 11 is 4.97. The average molecular weight is 333 g/mol. The molecule has 0 aromatic heterocycles. The SMILES string of the molecule is FC(F)(F)Oc1c(C(F)(F)F)ccc(C(F)(F)F)c1Cl. The number of rotatable bonds is 1. The molecule has 11 heteroatoms. The van der Waals surface area contributed by atoms with Crippen molar-refractivity contribution in [3.63, 3.8) is 0 Å². The van der Waals surface area contributed by atoms with Crippen LogP contribution < -0.4 is 4.74 Å². The highest BCUT2D eigenvalue weighted by Crippen LogP contribution is 2.47. The zero-order valence-corrected chi connectivity index (χ0v) is 9.60. The van der Waals surface area contributed by atoms with Gasteiger partial charge in [-0.1, -0.05) is 11.6 Å². The first-order chi connectivity index (χ1) is 8.73. The van der Waals surface area contributed by atoms with Crippen molar-refractivity contribution in [1.82, 2.24) is 0 Å². The van der Waals surface area contributed by atoms with Crippen molar-refractivity contribution in [3.05, 3.63) is 28.3 Å². The summed E-state index contributed by atoms with van der Waals surface area (Å²) in [5.74, 6) is -2.14. The molecule has 0 aliphatic carbocycles. The van der Waals surface area contributed by atoms with E-state index in [4.69, 9.17) is 11.6 Å². The van der Waals surface area contributed by atoms with Crippen LogP contribution in [0.25, 0.3) is 0 Å². The Balaban J connectivity index is 3.55. The predicted molar refractivity (Wildman–Crippen MR) is 48.1 cm³/mol. The van der Waals surface area contributed by atoms with Gasteiger partial charge < -0.3 is 4.74 Å².